The second-order valence-electron chi connectivity index (χ2n) is 4.53. The third-order valence-electron chi connectivity index (χ3n) is 1.73. The van der Waals surface area contributed by atoms with Crippen molar-refractivity contribution in [2.24, 2.45) is 17.6 Å². The Balaban J connectivity index is 0.000000310. The average molecular weight is 185 g/mol. The van der Waals surface area contributed by atoms with Crippen molar-refractivity contribution in [1.29, 1.82) is 0 Å². The summed E-state index contributed by atoms with van der Waals surface area (Å²) < 4.78 is 0. The van der Waals surface area contributed by atoms with Crippen LogP contribution >= 0.6 is 0 Å². The molecule has 0 heterocycles. The van der Waals surface area contributed by atoms with Crippen molar-refractivity contribution in [3.8, 4) is 0 Å². The van der Waals surface area contributed by atoms with E-state index in [0.717, 1.165) is 18.3 Å². The largest absolute Gasteiger partial charge is 0.370 e. The molecule has 78 valence electrons. The van der Waals surface area contributed by atoms with Crippen molar-refractivity contribution in [2.75, 3.05) is 0 Å². The first kappa shape index (κ1) is 12.5. The molecule has 0 radical (unpaired) electrons. The highest BCUT2D eigenvalue weighted by Crippen LogP contribution is 2.33. The Morgan fingerprint density at radius 2 is 1.85 bits per heavy atom. The smallest absolute Gasteiger partial charge is 0.217 e. The lowest BCUT2D eigenvalue weighted by molar-refractivity contribution is -0.118. The lowest BCUT2D eigenvalue weighted by atomic mass is 10.2. The predicted octanol–water partition coefficient (Wildman–Crippen LogP) is 2.71. The fraction of sp³-hybridized carbons (Fsp3) is 0.909. The van der Waals surface area contributed by atoms with Gasteiger partial charge in [-0.1, -0.05) is 33.6 Å². The third kappa shape index (κ3) is 14.3. The summed E-state index contributed by atoms with van der Waals surface area (Å²) in [5.74, 6) is 1.61. The van der Waals surface area contributed by atoms with Crippen LogP contribution in [-0.4, -0.2) is 5.91 Å². The molecule has 1 amide bonds. The quantitative estimate of drug-likeness (QED) is 0.719. The minimum Gasteiger partial charge on any atom is -0.370 e. The summed E-state index contributed by atoms with van der Waals surface area (Å²) in [6.45, 7) is 6.50. The van der Waals surface area contributed by atoms with E-state index in [0.29, 0.717) is 6.42 Å². The standard InChI is InChI=1S/C7H13NO.C4H10/c8-7(9)3-1-2-6-4-5-6;1-4(2)3/h6H,1-5H2,(H2,8,9);4H,1-3H3. The van der Waals surface area contributed by atoms with Crippen LogP contribution in [-0.2, 0) is 4.79 Å². The Kier molecular flexibility index (Phi) is 6.65. The minimum absolute atomic E-state index is 0.157. The van der Waals surface area contributed by atoms with E-state index < -0.39 is 0 Å². The molecular weight excluding hydrogens is 162 g/mol. The maximum absolute atomic E-state index is 10.2. The van der Waals surface area contributed by atoms with E-state index in [2.05, 4.69) is 20.8 Å². The van der Waals surface area contributed by atoms with Crippen molar-refractivity contribution >= 4 is 5.91 Å². The summed E-state index contributed by atoms with van der Waals surface area (Å²) in [7, 11) is 0. The Morgan fingerprint density at radius 1 is 1.38 bits per heavy atom. The fourth-order valence-electron chi connectivity index (χ4n) is 0.971. The zero-order valence-corrected chi connectivity index (χ0v) is 9.18. The van der Waals surface area contributed by atoms with Crippen LogP contribution in [0.3, 0.4) is 0 Å². The molecular formula is C11H23NO. The molecule has 2 N–H and O–H groups in total. The molecule has 1 aliphatic carbocycles. The second-order valence-corrected chi connectivity index (χ2v) is 4.53. The topological polar surface area (TPSA) is 43.1 Å². The summed E-state index contributed by atoms with van der Waals surface area (Å²) in [5, 5.41) is 0. The van der Waals surface area contributed by atoms with Crippen LogP contribution in [0.5, 0.6) is 0 Å². The monoisotopic (exact) mass is 185 g/mol. The van der Waals surface area contributed by atoms with Gasteiger partial charge in [0.25, 0.3) is 0 Å². The van der Waals surface area contributed by atoms with E-state index in [9.17, 15) is 4.79 Å². The maximum atomic E-state index is 10.2. The summed E-state index contributed by atoms with van der Waals surface area (Å²) >= 11 is 0. The first-order valence-electron chi connectivity index (χ1n) is 5.30. The van der Waals surface area contributed by atoms with Crippen molar-refractivity contribution in [3.05, 3.63) is 0 Å². The van der Waals surface area contributed by atoms with Gasteiger partial charge in [-0.05, 0) is 24.7 Å². The van der Waals surface area contributed by atoms with Gasteiger partial charge in [-0.2, -0.15) is 0 Å². The number of carbonyl (C=O) groups excluding carboxylic acids is 1. The van der Waals surface area contributed by atoms with E-state index >= 15 is 0 Å². The van der Waals surface area contributed by atoms with Gasteiger partial charge in [-0.3, -0.25) is 4.79 Å². The number of carbonyl (C=O) groups is 1. The lowest BCUT2D eigenvalue weighted by Gasteiger charge is -1.92. The average Bonchev–Trinajstić information content (AvgIpc) is 2.68. The molecule has 0 unspecified atom stereocenters. The molecule has 2 heteroatoms. The lowest BCUT2D eigenvalue weighted by Crippen LogP contribution is -2.09. The van der Waals surface area contributed by atoms with Crippen LogP contribution in [0.2, 0.25) is 0 Å². The van der Waals surface area contributed by atoms with E-state index in [1.807, 2.05) is 0 Å². The van der Waals surface area contributed by atoms with Crippen LogP contribution in [0.15, 0.2) is 0 Å². The first-order valence-corrected chi connectivity index (χ1v) is 5.30. The van der Waals surface area contributed by atoms with E-state index in [4.69, 9.17) is 5.73 Å². The molecule has 0 spiro atoms. The zero-order chi connectivity index (χ0) is 10.3. The fourth-order valence-corrected chi connectivity index (χ4v) is 0.971. The van der Waals surface area contributed by atoms with Crippen LogP contribution in [0.4, 0.5) is 0 Å². The van der Waals surface area contributed by atoms with Crippen LogP contribution in [0, 0.1) is 11.8 Å². The van der Waals surface area contributed by atoms with Crippen molar-refractivity contribution < 1.29 is 4.79 Å². The molecule has 1 fully saturated rings. The molecule has 0 saturated heterocycles. The number of amides is 1. The molecule has 1 saturated carbocycles. The van der Waals surface area contributed by atoms with Crippen LogP contribution in [0.1, 0.15) is 52.9 Å². The third-order valence-corrected chi connectivity index (χ3v) is 1.73. The van der Waals surface area contributed by atoms with Gasteiger partial charge in [-0.25, -0.2) is 0 Å². The predicted molar refractivity (Wildman–Crippen MR) is 56.3 cm³/mol. The number of hydrogen-bond acceptors (Lipinski definition) is 1. The first-order chi connectivity index (χ1) is 6.02. The molecule has 0 atom stereocenters. The Labute approximate surface area is 81.9 Å². The molecule has 2 nitrogen and oxygen atoms in total. The van der Waals surface area contributed by atoms with Gasteiger partial charge in [0.1, 0.15) is 0 Å². The summed E-state index contributed by atoms with van der Waals surface area (Å²) in [6, 6.07) is 0. The molecule has 0 aromatic heterocycles. The highest BCUT2D eigenvalue weighted by atomic mass is 16.1. The summed E-state index contributed by atoms with van der Waals surface area (Å²) in [6.07, 6.45) is 5.54. The number of hydrogen-bond donors (Lipinski definition) is 1. The molecule has 0 bridgehead atoms. The molecule has 0 aromatic rings. The van der Waals surface area contributed by atoms with E-state index in [1.165, 1.54) is 19.3 Å². The highest BCUT2D eigenvalue weighted by Gasteiger charge is 2.20. The molecule has 1 rings (SSSR count). The normalized spacial score (nSPS) is 15.1. The van der Waals surface area contributed by atoms with Gasteiger partial charge in [0, 0.05) is 6.42 Å². The highest BCUT2D eigenvalue weighted by molar-refractivity contribution is 5.73. The molecule has 13 heavy (non-hydrogen) atoms. The van der Waals surface area contributed by atoms with Crippen LogP contribution < -0.4 is 5.73 Å². The number of rotatable bonds is 4. The van der Waals surface area contributed by atoms with Gasteiger partial charge < -0.3 is 5.73 Å². The summed E-state index contributed by atoms with van der Waals surface area (Å²) in [5.41, 5.74) is 4.96. The Bertz CT molecular complexity index is 136. The number of primary amides is 1. The van der Waals surface area contributed by atoms with Gasteiger partial charge in [0.05, 0.1) is 0 Å². The Morgan fingerprint density at radius 3 is 2.15 bits per heavy atom. The zero-order valence-electron chi connectivity index (χ0n) is 9.18. The van der Waals surface area contributed by atoms with Crippen molar-refractivity contribution in [3.63, 3.8) is 0 Å². The molecule has 0 aliphatic heterocycles. The SMILES string of the molecule is CC(C)C.NC(=O)CCCC1CC1. The van der Waals surface area contributed by atoms with Crippen molar-refractivity contribution in [2.45, 2.75) is 52.9 Å². The van der Waals surface area contributed by atoms with E-state index in [-0.39, 0.29) is 5.91 Å². The Hall–Kier alpha value is -0.530. The number of nitrogens with two attached hydrogens (primary N) is 1. The van der Waals surface area contributed by atoms with Crippen LogP contribution in [0.25, 0.3) is 0 Å². The van der Waals surface area contributed by atoms with Gasteiger partial charge >= 0.3 is 0 Å². The maximum Gasteiger partial charge on any atom is 0.217 e. The van der Waals surface area contributed by atoms with Gasteiger partial charge in [0.15, 0.2) is 0 Å². The minimum atomic E-state index is -0.157. The van der Waals surface area contributed by atoms with Gasteiger partial charge in [-0.15, -0.1) is 0 Å². The molecule has 0 aromatic carbocycles. The molecule has 1 aliphatic rings. The van der Waals surface area contributed by atoms with Crippen molar-refractivity contribution in [1.82, 2.24) is 0 Å². The van der Waals surface area contributed by atoms with E-state index in [1.54, 1.807) is 0 Å². The summed E-state index contributed by atoms with van der Waals surface area (Å²) in [4.78, 5) is 10.2. The second kappa shape index (κ2) is 6.93. The van der Waals surface area contributed by atoms with Gasteiger partial charge in [0.2, 0.25) is 5.91 Å².